The molecule has 2 nitrogen and oxygen atoms in total. The van der Waals surface area contributed by atoms with Crippen LogP contribution in [0, 0.1) is 0 Å². The summed E-state index contributed by atoms with van der Waals surface area (Å²) in [6.45, 7) is 1.44. The highest BCUT2D eigenvalue weighted by atomic mass is 35.5. The lowest BCUT2D eigenvalue weighted by Gasteiger charge is -2.09. The van der Waals surface area contributed by atoms with Crippen LogP contribution in [-0.4, -0.2) is 6.04 Å². The van der Waals surface area contributed by atoms with E-state index in [0.717, 1.165) is 28.9 Å². The standard InChI is InChI=1S/C17H18ClNO.ClH/c18-17-4-2-1-3-14(17)12-20-16-9-5-13(6-10-16)11-19-15-7-8-15;/h1-6,9-10,15,19H,7-8,11-12H2;1H. The summed E-state index contributed by atoms with van der Waals surface area (Å²) in [7, 11) is 0. The molecule has 0 bridgehead atoms. The predicted octanol–water partition coefficient (Wildman–Crippen LogP) is 4.59. The van der Waals surface area contributed by atoms with Crippen molar-refractivity contribution in [3.05, 3.63) is 64.7 Å². The van der Waals surface area contributed by atoms with Crippen LogP contribution >= 0.6 is 24.0 Å². The molecule has 1 saturated carbocycles. The Morgan fingerprint density at radius 3 is 2.43 bits per heavy atom. The number of hydrogen-bond acceptors (Lipinski definition) is 2. The molecule has 3 rings (SSSR count). The average molecular weight is 324 g/mol. The summed E-state index contributed by atoms with van der Waals surface area (Å²) in [6.07, 6.45) is 2.64. The first-order chi connectivity index (χ1) is 9.81. The number of rotatable bonds is 6. The van der Waals surface area contributed by atoms with Gasteiger partial charge < -0.3 is 10.1 Å². The van der Waals surface area contributed by atoms with Crippen molar-refractivity contribution in [2.45, 2.75) is 32.0 Å². The van der Waals surface area contributed by atoms with Crippen LogP contribution in [0.4, 0.5) is 0 Å². The Bertz CT molecular complexity index is 567. The first kappa shape index (κ1) is 16.2. The van der Waals surface area contributed by atoms with Gasteiger partial charge in [-0.2, -0.15) is 0 Å². The van der Waals surface area contributed by atoms with Gasteiger partial charge in [-0.05, 0) is 36.6 Å². The summed E-state index contributed by atoms with van der Waals surface area (Å²) < 4.78 is 5.76. The maximum absolute atomic E-state index is 6.10. The highest BCUT2D eigenvalue weighted by Gasteiger charge is 2.19. The molecule has 1 N–H and O–H groups in total. The fourth-order valence-corrected chi connectivity index (χ4v) is 2.22. The smallest absolute Gasteiger partial charge is 0.119 e. The third kappa shape index (κ3) is 4.92. The van der Waals surface area contributed by atoms with Crippen molar-refractivity contribution in [3.63, 3.8) is 0 Å². The van der Waals surface area contributed by atoms with Gasteiger partial charge >= 0.3 is 0 Å². The summed E-state index contributed by atoms with van der Waals surface area (Å²) in [6, 6.07) is 16.7. The number of hydrogen-bond donors (Lipinski definition) is 1. The second-order valence-corrected chi connectivity index (χ2v) is 5.59. The summed E-state index contributed by atoms with van der Waals surface area (Å²) in [4.78, 5) is 0. The van der Waals surface area contributed by atoms with Crippen LogP contribution in [0.1, 0.15) is 24.0 Å². The molecular weight excluding hydrogens is 305 g/mol. The lowest BCUT2D eigenvalue weighted by molar-refractivity contribution is 0.306. The largest absolute Gasteiger partial charge is 0.489 e. The molecule has 0 saturated heterocycles. The Kier molecular flexibility index (Phi) is 5.92. The van der Waals surface area contributed by atoms with Gasteiger partial charge in [-0.25, -0.2) is 0 Å². The number of nitrogens with one attached hydrogen (secondary N) is 1. The highest BCUT2D eigenvalue weighted by Crippen LogP contribution is 2.21. The van der Waals surface area contributed by atoms with Crippen LogP contribution in [0.2, 0.25) is 5.02 Å². The van der Waals surface area contributed by atoms with E-state index in [2.05, 4.69) is 17.4 Å². The molecule has 1 aliphatic carbocycles. The first-order valence-corrected chi connectivity index (χ1v) is 7.37. The van der Waals surface area contributed by atoms with E-state index in [1.165, 1.54) is 18.4 Å². The fourth-order valence-electron chi connectivity index (χ4n) is 2.03. The normalized spacial score (nSPS) is 13.6. The van der Waals surface area contributed by atoms with Gasteiger partial charge in [-0.1, -0.05) is 41.9 Å². The lowest BCUT2D eigenvalue weighted by atomic mass is 10.2. The Balaban J connectivity index is 0.00000161. The maximum Gasteiger partial charge on any atom is 0.119 e. The minimum atomic E-state index is 0. The molecule has 0 radical (unpaired) electrons. The average Bonchev–Trinajstić information content (AvgIpc) is 3.30. The SMILES string of the molecule is Cl.Clc1ccccc1COc1ccc(CNC2CC2)cc1. The molecule has 0 amide bonds. The van der Waals surface area contributed by atoms with E-state index in [1.54, 1.807) is 0 Å². The van der Waals surface area contributed by atoms with E-state index < -0.39 is 0 Å². The van der Waals surface area contributed by atoms with Crippen LogP contribution in [0.15, 0.2) is 48.5 Å². The molecule has 0 heterocycles. The van der Waals surface area contributed by atoms with Crippen molar-refractivity contribution >= 4 is 24.0 Å². The van der Waals surface area contributed by atoms with Gasteiger partial charge in [-0.3, -0.25) is 0 Å². The second kappa shape index (κ2) is 7.69. The van der Waals surface area contributed by atoms with E-state index in [4.69, 9.17) is 16.3 Å². The molecular formula is C17H19Cl2NO. The van der Waals surface area contributed by atoms with Crippen LogP contribution in [0.25, 0.3) is 0 Å². The zero-order chi connectivity index (χ0) is 13.8. The van der Waals surface area contributed by atoms with Crippen molar-refractivity contribution < 1.29 is 4.74 Å². The summed E-state index contributed by atoms with van der Waals surface area (Å²) in [5.74, 6) is 0.875. The van der Waals surface area contributed by atoms with Crippen molar-refractivity contribution in [2.24, 2.45) is 0 Å². The molecule has 2 aromatic carbocycles. The Morgan fingerprint density at radius 1 is 1.05 bits per heavy atom. The van der Waals surface area contributed by atoms with E-state index >= 15 is 0 Å². The third-order valence-corrected chi connectivity index (χ3v) is 3.82. The van der Waals surface area contributed by atoms with Crippen LogP contribution < -0.4 is 10.1 Å². The highest BCUT2D eigenvalue weighted by molar-refractivity contribution is 6.31. The molecule has 1 fully saturated rings. The van der Waals surface area contributed by atoms with Gasteiger partial charge in [0.15, 0.2) is 0 Å². The van der Waals surface area contributed by atoms with Gasteiger partial charge in [0.25, 0.3) is 0 Å². The molecule has 4 heteroatoms. The van der Waals surface area contributed by atoms with E-state index in [9.17, 15) is 0 Å². The quantitative estimate of drug-likeness (QED) is 0.839. The number of ether oxygens (including phenoxy) is 1. The van der Waals surface area contributed by atoms with Crippen LogP contribution in [0.3, 0.4) is 0 Å². The third-order valence-electron chi connectivity index (χ3n) is 3.45. The molecule has 0 aromatic heterocycles. The van der Waals surface area contributed by atoms with Crippen LogP contribution in [0.5, 0.6) is 5.75 Å². The Labute approximate surface area is 136 Å². The molecule has 0 aliphatic heterocycles. The van der Waals surface area contributed by atoms with E-state index in [-0.39, 0.29) is 12.4 Å². The molecule has 0 unspecified atom stereocenters. The summed E-state index contributed by atoms with van der Waals surface area (Å²) in [5, 5.41) is 4.25. The Morgan fingerprint density at radius 2 is 1.76 bits per heavy atom. The summed E-state index contributed by atoms with van der Waals surface area (Å²) in [5.41, 5.74) is 2.30. The van der Waals surface area contributed by atoms with Gasteiger partial charge in [0.1, 0.15) is 12.4 Å². The molecule has 0 atom stereocenters. The minimum Gasteiger partial charge on any atom is -0.489 e. The molecule has 1 aliphatic rings. The monoisotopic (exact) mass is 323 g/mol. The van der Waals surface area contributed by atoms with Crippen molar-refractivity contribution in [1.29, 1.82) is 0 Å². The lowest BCUT2D eigenvalue weighted by Crippen LogP contribution is -2.15. The van der Waals surface area contributed by atoms with Gasteiger partial charge in [0.2, 0.25) is 0 Å². The Hall–Kier alpha value is -1.22. The van der Waals surface area contributed by atoms with Gasteiger partial charge in [0.05, 0.1) is 0 Å². The van der Waals surface area contributed by atoms with Gasteiger partial charge in [0, 0.05) is 23.2 Å². The molecule has 2 aromatic rings. The molecule has 112 valence electrons. The predicted molar refractivity (Wildman–Crippen MR) is 89.3 cm³/mol. The second-order valence-electron chi connectivity index (χ2n) is 5.18. The fraction of sp³-hybridized carbons (Fsp3) is 0.294. The molecule has 0 spiro atoms. The van der Waals surface area contributed by atoms with E-state index in [0.29, 0.717) is 6.61 Å². The minimum absolute atomic E-state index is 0. The topological polar surface area (TPSA) is 21.3 Å². The zero-order valence-electron chi connectivity index (χ0n) is 11.7. The summed E-state index contributed by atoms with van der Waals surface area (Å²) >= 11 is 6.10. The van der Waals surface area contributed by atoms with Crippen molar-refractivity contribution in [2.75, 3.05) is 0 Å². The zero-order valence-corrected chi connectivity index (χ0v) is 13.3. The number of benzene rings is 2. The van der Waals surface area contributed by atoms with Crippen molar-refractivity contribution in [1.82, 2.24) is 5.32 Å². The molecule has 21 heavy (non-hydrogen) atoms. The van der Waals surface area contributed by atoms with Crippen molar-refractivity contribution in [3.8, 4) is 5.75 Å². The number of halogens is 2. The maximum atomic E-state index is 6.10. The van der Waals surface area contributed by atoms with Gasteiger partial charge in [-0.15, -0.1) is 12.4 Å². The van der Waals surface area contributed by atoms with Crippen LogP contribution in [-0.2, 0) is 13.2 Å². The first-order valence-electron chi connectivity index (χ1n) is 7.00. The van der Waals surface area contributed by atoms with E-state index in [1.807, 2.05) is 36.4 Å².